The van der Waals surface area contributed by atoms with E-state index in [0.29, 0.717) is 37.5 Å². The summed E-state index contributed by atoms with van der Waals surface area (Å²) in [5, 5.41) is 5.87. The predicted octanol–water partition coefficient (Wildman–Crippen LogP) is 0.848. The molecule has 1 aromatic carbocycles. The summed E-state index contributed by atoms with van der Waals surface area (Å²) in [5.74, 6) is -0.260. The summed E-state index contributed by atoms with van der Waals surface area (Å²) in [6.07, 6.45) is 2.99. The van der Waals surface area contributed by atoms with Crippen molar-refractivity contribution in [2.45, 2.75) is 4.90 Å². The highest BCUT2D eigenvalue weighted by Gasteiger charge is 2.15. The second-order valence-electron chi connectivity index (χ2n) is 5.36. The topological polar surface area (TPSA) is 109 Å². The van der Waals surface area contributed by atoms with Gasteiger partial charge >= 0.3 is 0 Å². The molecule has 8 nitrogen and oxygen atoms in total. The van der Waals surface area contributed by atoms with Gasteiger partial charge in [-0.25, -0.2) is 8.42 Å². The average molecular weight is 378 g/mol. The van der Waals surface area contributed by atoms with Gasteiger partial charge in [-0.15, -0.1) is 0 Å². The van der Waals surface area contributed by atoms with Crippen LogP contribution in [-0.4, -0.2) is 52.7 Å². The fourth-order valence-corrected chi connectivity index (χ4v) is 3.14. The van der Waals surface area contributed by atoms with E-state index in [-0.39, 0.29) is 10.8 Å². The highest BCUT2D eigenvalue weighted by molar-refractivity contribution is 7.92. The summed E-state index contributed by atoms with van der Waals surface area (Å²) in [7, 11) is -2.09. The van der Waals surface area contributed by atoms with E-state index in [9.17, 15) is 13.2 Å². The molecule has 9 heteroatoms. The van der Waals surface area contributed by atoms with Gasteiger partial charge in [-0.3, -0.25) is 14.5 Å². The summed E-state index contributed by atoms with van der Waals surface area (Å²) in [5.41, 5.74) is 0.813. The molecule has 0 aliphatic rings. The number of hydrogen-bond donors (Lipinski definition) is 3. The lowest BCUT2D eigenvalue weighted by atomic mass is 10.2. The monoisotopic (exact) mass is 378 g/mol. The van der Waals surface area contributed by atoms with E-state index in [1.54, 1.807) is 19.2 Å². The molecule has 0 atom stereocenters. The van der Waals surface area contributed by atoms with Crippen molar-refractivity contribution in [3.63, 3.8) is 0 Å². The van der Waals surface area contributed by atoms with E-state index in [2.05, 4.69) is 20.3 Å². The molecule has 1 heterocycles. The Morgan fingerprint density at radius 1 is 1.04 bits per heavy atom. The summed E-state index contributed by atoms with van der Waals surface area (Å²) in [6.45, 7) is 2.41. The van der Waals surface area contributed by atoms with Crippen LogP contribution in [0.5, 0.6) is 0 Å². The highest BCUT2D eigenvalue weighted by atomic mass is 32.2. The van der Waals surface area contributed by atoms with Crippen molar-refractivity contribution in [2.24, 2.45) is 0 Å². The number of nitrogens with one attached hydrogen (secondary N) is 3. The van der Waals surface area contributed by atoms with E-state index in [1.165, 1.54) is 36.7 Å². The lowest BCUT2D eigenvalue weighted by Gasteiger charge is -2.09. The first kappa shape index (κ1) is 19.8. The SMILES string of the molecule is COCCNCCNC(=O)c1ccc(S(=O)(=O)Nc2ccncc2)cc1. The number of hydrogen-bond acceptors (Lipinski definition) is 6. The van der Waals surface area contributed by atoms with Gasteiger partial charge in [-0.2, -0.15) is 0 Å². The van der Waals surface area contributed by atoms with Crippen LogP contribution in [0.1, 0.15) is 10.4 Å². The summed E-state index contributed by atoms with van der Waals surface area (Å²) >= 11 is 0. The Kier molecular flexibility index (Phi) is 7.52. The molecule has 0 saturated heterocycles. The molecule has 1 aromatic heterocycles. The predicted molar refractivity (Wildman–Crippen MR) is 98.6 cm³/mol. The van der Waals surface area contributed by atoms with Crippen LogP contribution in [-0.2, 0) is 14.8 Å². The number of rotatable bonds is 10. The quantitative estimate of drug-likeness (QED) is 0.529. The number of aromatic nitrogens is 1. The smallest absolute Gasteiger partial charge is 0.261 e. The van der Waals surface area contributed by atoms with Gasteiger partial charge in [0.25, 0.3) is 15.9 Å². The first-order valence-electron chi connectivity index (χ1n) is 8.04. The molecule has 140 valence electrons. The fourth-order valence-electron chi connectivity index (χ4n) is 2.09. The van der Waals surface area contributed by atoms with Gasteiger partial charge in [-0.05, 0) is 36.4 Å². The minimum atomic E-state index is -3.72. The zero-order valence-corrected chi connectivity index (χ0v) is 15.3. The summed E-state index contributed by atoms with van der Waals surface area (Å²) < 4.78 is 32.0. The van der Waals surface area contributed by atoms with Crippen molar-refractivity contribution < 1.29 is 17.9 Å². The third-order valence-corrected chi connectivity index (χ3v) is 4.83. The molecular formula is C17H22N4O4S. The Balaban J connectivity index is 1.89. The Morgan fingerprint density at radius 2 is 1.73 bits per heavy atom. The van der Waals surface area contributed by atoms with Crippen molar-refractivity contribution in [3.8, 4) is 0 Å². The van der Waals surface area contributed by atoms with Crippen molar-refractivity contribution >= 4 is 21.6 Å². The molecule has 0 aliphatic heterocycles. The maximum Gasteiger partial charge on any atom is 0.261 e. The number of carbonyl (C=O) groups is 1. The summed E-state index contributed by atoms with van der Waals surface area (Å²) in [4.78, 5) is 16.0. The van der Waals surface area contributed by atoms with Gasteiger partial charge in [-0.1, -0.05) is 0 Å². The van der Waals surface area contributed by atoms with Crippen molar-refractivity contribution in [2.75, 3.05) is 38.1 Å². The maximum atomic E-state index is 12.3. The molecule has 0 bridgehead atoms. The first-order valence-corrected chi connectivity index (χ1v) is 9.52. The van der Waals surface area contributed by atoms with E-state index in [1.807, 2.05) is 0 Å². The molecule has 0 saturated carbocycles. The fraction of sp³-hybridized carbons (Fsp3) is 0.294. The van der Waals surface area contributed by atoms with E-state index >= 15 is 0 Å². The van der Waals surface area contributed by atoms with Crippen molar-refractivity contribution in [1.82, 2.24) is 15.6 Å². The molecule has 0 aliphatic carbocycles. The Morgan fingerprint density at radius 3 is 2.38 bits per heavy atom. The van der Waals surface area contributed by atoms with Crippen LogP contribution in [0, 0.1) is 0 Å². The Bertz CT molecular complexity index is 795. The Hall–Kier alpha value is -2.49. The summed E-state index contributed by atoms with van der Waals surface area (Å²) in [6, 6.07) is 8.87. The van der Waals surface area contributed by atoms with Gasteiger partial charge in [0.05, 0.1) is 17.2 Å². The number of anilines is 1. The first-order chi connectivity index (χ1) is 12.5. The van der Waals surface area contributed by atoms with Crippen LogP contribution >= 0.6 is 0 Å². The zero-order chi connectivity index (χ0) is 18.8. The number of ether oxygens (including phenoxy) is 1. The molecule has 3 N–H and O–H groups in total. The highest BCUT2D eigenvalue weighted by Crippen LogP contribution is 2.15. The van der Waals surface area contributed by atoms with Gasteiger partial charge in [0.1, 0.15) is 0 Å². The lowest BCUT2D eigenvalue weighted by molar-refractivity contribution is 0.0953. The average Bonchev–Trinajstić information content (AvgIpc) is 2.65. The molecule has 0 spiro atoms. The van der Waals surface area contributed by atoms with Crippen molar-refractivity contribution in [1.29, 1.82) is 0 Å². The van der Waals surface area contributed by atoms with Crippen LogP contribution in [0.4, 0.5) is 5.69 Å². The molecule has 26 heavy (non-hydrogen) atoms. The third kappa shape index (κ3) is 6.10. The number of amides is 1. The molecule has 0 radical (unpaired) electrons. The van der Waals surface area contributed by atoms with E-state index in [4.69, 9.17) is 4.74 Å². The van der Waals surface area contributed by atoms with Crippen LogP contribution in [0.3, 0.4) is 0 Å². The molecule has 1 amide bonds. The van der Waals surface area contributed by atoms with Crippen LogP contribution in [0.15, 0.2) is 53.7 Å². The largest absolute Gasteiger partial charge is 0.383 e. The van der Waals surface area contributed by atoms with Gasteiger partial charge < -0.3 is 15.4 Å². The van der Waals surface area contributed by atoms with Gasteiger partial charge in [0, 0.05) is 44.7 Å². The number of benzene rings is 1. The third-order valence-electron chi connectivity index (χ3n) is 3.43. The number of carbonyl (C=O) groups excluding carboxylic acids is 1. The standard InChI is InChI=1S/C17H22N4O4S/c1-25-13-12-19-10-11-20-17(22)14-2-4-16(5-3-14)26(23,24)21-15-6-8-18-9-7-15/h2-9,19H,10-13H2,1H3,(H,18,21)(H,20,22). The molecule has 2 aromatic rings. The number of methoxy groups -OCH3 is 1. The zero-order valence-electron chi connectivity index (χ0n) is 14.4. The molecule has 0 unspecified atom stereocenters. The van der Waals surface area contributed by atoms with Crippen LogP contribution < -0.4 is 15.4 Å². The second kappa shape index (κ2) is 9.85. The lowest BCUT2D eigenvalue weighted by Crippen LogP contribution is -2.33. The van der Waals surface area contributed by atoms with Gasteiger partial charge in [0.15, 0.2) is 0 Å². The van der Waals surface area contributed by atoms with Gasteiger partial charge in [0.2, 0.25) is 0 Å². The number of pyridine rings is 1. The molecular weight excluding hydrogens is 356 g/mol. The van der Waals surface area contributed by atoms with Crippen LogP contribution in [0.25, 0.3) is 0 Å². The Labute approximate surface area is 153 Å². The minimum absolute atomic E-state index is 0.0760. The van der Waals surface area contributed by atoms with E-state index in [0.717, 1.165) is 0 Å². The van der Waals surface area contributed by atoms with Crippen LogP contribution in [0.2, 0.25) is 0 Å². The minimum Gasteiger partial charge on any atom is -0.383 e. The maximum absolute atomic E-state index is 12.3. The molecule has 2 rings (SSSR count). The molecule has 0 fully saturated rings. The number of sulfonamides is 1. The second-order valence-corrected chi connectivity index (χ2v) is 7.05. The number of nitrogens with zero attached hydrogens (tertiary/aromatic N) is 1. The van der Waals surface area contributed by atoms with Crippen molar-refractivity contribution in [3.05, 3.63) is 54.4 Å². The van der Waals surface area contributed by atoms with E-state index < -0.39 is 10.0 Å². The normalized spacial score (nSPS) is 11.1.